The molecule has 0 aliphatic carbocycles. The van der Waals surface area contributed by atoms with Crippen molar-refractivity contribution in [3.63, 3.8) is 0 Å². The minimum atomic E-state index is -0.449. The number of nitrogens with one attached hydrogen (secondary N) is 1. The van der Waals surface area contributed by atoms with E-state index >= 15 is 0 Å². The lowest BCUT2D eigenvalue weighted by atomic mass is 10.1. The standard InChI is InChI=1S/C19H20N2O5/c1-24-16-7-3-14(4-8-16)11-18(22)21-20-12-15-5-9-17(10-6-15)26-13-19(23)25-2/h3-10,12H,11,13H2,1-2H3,(H,21,22)/b20-12-. The summed E-state index contributed by atoms with van der Waals surface area (Å²) in [7, 11) is 2.89. The first-order valence-electron chi connectivity index (χ1n) is 7.85. The monoisotopic (exact) mass is 356 g/mol. The maximum atomic E-state index is 11.9. The van der Waals surface area contributed by atoms with Crippen LogP contribution in [-0.2, 0) is 20.7 Å². The number of rotatable bonds is 8. The minimum absolute atomic E-state index is 0.147. The van der Waals surface area contributed by atoms with Crippen molar-refractivity contribution in [1.29, 1.82) is 0 Å². The molecule has 0 spiro atoms. The number of nitrogens with zero attached hydrogens (tertiary/aromatic N) is 1. The maximum Gasteiger partial charge on any atom is 0.343 e. The molecule has 2 aromatic rings. The number of hydrogen-bond acceptors (Lipinski definition) is 6. The Balaban J connectivity index is 1.79. The van der Waals surface area contributed by atoms with Crippen LogP contribution in [0.1, 0.15) is 11.1 Å². The van der Waals surface area contributed by atoms with Crippen LogP contribution in [0.3, 0.4) is 0 Å². The maximum absolute atomic E-state index is 11.9. The largest absolute Gasteiger partial charge is 0.497 e. The molecule has 0 aromatic heterocycles. The molecular formula is C19H20N2O5. The summed E-state index contributed by atoms with van der Waals surface area (Å²) in [6, 6.07) is 14.2. The van der Waals surface area contributed by atoms with E-state index in [2.05, 4.69) is 15.3 Å². The molecule has 7 heteroatoms. The molecule has 2 rings (SSSR count). The third-order valence-corrected chi connectivity index (χ3v) is 3.39. The number of methoxy groups -OCH3 is 2. The quantitative estimate of drug-likeness (QED) is 0.444. The van der Waals surface area contributed by atoms with E-state index in [9.17, 15) is 9.59 Å². The van der Waals surface area contributed by atoms with Crippen LogP contribution >= 0.6 is 0 Å². The summed E-state index contributed by atoms with van der Waals surface area (Å²) < 4.78 is 14.8. The number of carbonyl (C=O) groups excluding carboxylic acids is 2. The molecule has 0 atom stereocenters. The minimum Gasteiger partial charge on any atom is -0.497 e. The lowest BCUT2D eigenvalue weighted by Gasteiger charge is -2.04. The van der Waals surface area contributed by atoms with E-state index in [0.717, 1.165) is 16.9 Å². The first-order valence-corrected chi connectivity index (χ1v) is 7.85. The Labute approximate surface area is 151 Å². The first kappa shape index (κ1) is 19.0. The van der Waals surface area contributed by atoms with Crippen molar-refractivity contribution in [1.82, 2.24) is 5.43 Å². The number of ether oxygens (including phenoxy) is 3. The number of amides is 1. The molecule has 0 unspecified atom stereocenters. The van der Waals surface area contributed by atoms with Gasteiger partial charge in [0.05, 0.1) is 26.9 Å². The van der Waals surface area contributed by atoms with Gasteiger partial charge in [-0.05, 0) is 47.5 Å². The lowest BCUT2D eigenvalue weighted by Crippen LogP contribution is -2.19. The van der Waals surface area contributed by atoms with Crippen molar-refractivity contribution < 1.29 is 23.8 Å². The Morgan fingerprint density at radius 1 is 1.00 bits per heavy atom. The fourth-order valence-corrected chi connectivity index (χ4v) is 2.00. The molecule has 0 bridgehead atoms. The van der Waals surface area contributed by atoms with Crippen molar-refractivity contribution in [3.8, 4) is 11.5 Å². The molecule has 1 N–H and O–H groups in total. The van der Waals surface area contributed by atoms with Gasteiger partial charge in [-0.1, -0.05) is 12.1 Å². The molecule has 0 saturated heterocycles. The Kier molecular flexibility index (Phi) is 7.17. The average Bonchev–Trinajstić information content (AvgIpc) is 2.67. The number of hydrazone groups is 1. The predicted octanol–water partition coefficient (Wildman–Crippen LogP) is 1.94. The van der Waals surface area contributed by atoms with Crippen molar-refractivity contribution in [2.24, 2.45) is 5.10 Å². The zero-order valence-electron chi connectivity index (χ0n) is 14.6. The number of benzene rings is 2. The Bertz CT molecular complexity index is 755. The third kappa shape index (κ3) is 6.27. The van der Waals surface area contributed by atoms with Gasteiger partial charge >= 0.3 is 5.97 Å². The molecule has 7 nitrogen and oxygen atoms in total. The van der Waals surface area contributed by atoms with Crippen molar-refractivity contribution in [2.75, 3.05) is 20.8 Å². The highest BCUT2D eigenvalue weighted by Crippen LogP contribution is 2.12. The highest BCUT2D eigenvalue weighted by atomic mass is 16.6. The molecule has 0 aliphatic heterocycles. The summed E-state index contributed by atoms with van der Waals surface area (Å²) in [6.45, 7) is -0.147. The summed E-state index contributed by atoms with van der Waals surface area (Å²) in [5.74, 6) is 0.613. The molecule has 26 heavy (non-hydrogen) atoms. The van der Waals surface area contributed by atoms with Gasteiger partial charge in [0.15, 0.2) is 6.61 Å². The first-order chi connectivity index (χ1) is 12.6. The van der Waals surface area contributed by atoms with E-state index in [4.69, 9.17) is 9.47 Å². The fraction of sp³-hybridized carbons (Fsp3) is 0.211. The molecule has 0 fully saturated rings. The lowest BCUT2D eigenvalue weighted by molar-refractivity contribution is -0.142. The molecule has 0 radical (unpaired) electrons. The van der Waals surface area contributed by atoms with Gasteiger partial charge in [0, 0.05) is 0 Å². The molecule has 136 valence electrons. The van der Waals surface area contributed by atoms with Gasteiger partial charge in [-0.3, -0.25) is 4.79 Å². The van der Waals surface area contributed by atoms with Crippen LogP contribution in [0, 0.1) is 0 Å². The van der Waals surface area contributed by atoms with Gasteiger partial charge in [0.25, 0.3) is 0 Å². The normalized spacial score (nSPS) is 10.4. The second-order valence-corrected chi connectivity index (χ2v) is 5.25. The van der Waals surface area contributed by atoms with Crippen LogP contribution in [-0.4, -0.2) is 38.9 Å². The third-order valence-electron chi connectivity index (χ3n) is 3.39. The zero-order valence-corrected chi connectivity index (χ0v) is 14.6. The van der Waals surface area contributed by atoms with Crippen LogP contribution in [0.4, 0.5) is 0 Å². The number of esters is 1. The fourth-order valence-electron chi connectivity index (χ4n) is 2.00. The Hall–Kier alpha value is -3.35. The molecule has 0 aliphatic rings. The Morgan fingerprint density at radius 3 is 2.27 bits per heavy atom. The van der Waals surface area contributed by atoms with Crippen molar-refractivity contribution in [3.05, 3.63) is 59.7 Å². The van der Waals surface area contributed by atoms with E-state index in [0.29, 0.717) is 5.75 Å². The Morgan fingerprint density at radius 2 is 1.65 bits per heavy atom. The molecule has 0 saturated carbocycles. The summed E-state index contributed by atoms with van der Waals surface area (Å²) in [4.78, 5) is 22.9. The second kappa shape index (κ2) is 9.83. The second-order valence-electron chi connectivity index (χ2n) is 5.25. The van der Waals surface area contributed by atoms with Gasteiger partial charge in [-0.25, -0.2) is 10.2 Å². The van der Waals surface area contributed by atoms with Gasteiger partial charge in [0.2, 0.25) is 5.91 Å². The SMILES string of the molecule is COC(=O)COc1ccc(/C=N\NC(=O)Cc2ccc(OC)cc2)cc1. The average molecular weight is 356 g/mol. The summed E-state index contributed by atoms with van der Waals surface area (Å²) in [5.41, 5.74) is 4.12. The van der Waals surface area contributed by atoms with E-state index in [1.807, 2.05) is 12.1 Å². The van der Waals surface area contributed by atoms with E-state index < -0.39 is 5.97 Å². The smallest absolute Gasteiger partial charge is 0.343 e. The van der Waals surface area contributed by atoms with Crippen LogP contribution in [0.5, 0.6) is 11.5 Å². The van der Waals surface area contributed by atoms with E-state index in [1.54, 1.807) is 43.5 Å². The topological polar surface area (TPSA) is 86.2 Å². The van der Waals surface area contributed by atoms with Crippen LogP contribution in [0.25, 0.3) is 0 Å². The summed E-state index contributed by atoms with van der Waals surface area (Å²) in [5, 5.41) is 3.92. The van der Waals surface area contributed by atoms with E-state index in [1.165, 1.54) is 13.3 Å². The van der Waals surface area contributed by atoms with Gasteiger partial charge in [-0.15, -0.1) is 0 Å². The van der Waals surface area contributed by atoms with Crippen molar-refractivity contribution in [2.45, 2.75) is 6.42 Å². The molecule has 1 amide bonds. The summed E-state index contributed by atoms with van der Waals surface area (Å²) in [6.07, 6.45) is 1.75. The number of hydrogen-bond donors (Lipinski definition) is 1. The van der Waals surface area contributed by atoms with Gasteiger partial charge in [0.1, 0.15) is 11.5 Å². The van der Waals surface area contributed by atoms with E-state index in [-0.39, 0.29) is 18.9 Å². The molecule has 0 heterocycles. The highest BCUT2D eigenvalue weighted by Gasteiger charge is 2.03. The van der Waals surface area contributed by atoms with Crippen LogP contribution < -0.4 is 14.9 Å². The number of carbonyl (C=O) groups is 2. The molecular weight excluding hydrogens is 336 g/mol. The van der Waals surface area contributed by atoms with Crippen LogP contribution in [0.15, 0.2) is 53.6 Å². The van der Waals surface area contributed by atoms with Crippen LogP contribution in [0.2, 0.25) is 0 Å². The van der Waals surface area contributed by atoms with Gasteiger partial charge < -0.3 is 14.2 Å². The van der Waals surface area contributed by atoms with Gasteiger partial charge in [-0.2, -0.15) is 5.10 Å². The zero-order chi connectivity index (χ0) is 18.8. The highest BCUT2D eigenvalue weighted by molar-refractivity contribution is 5.83. The molecule has 2 aromatic carbocycles. The summed E-state index contributed by atoms with van der Waals surface area (Å²) >= 11 is 0. The van der Waals surface area contributed by atoms with Crippen molar-refractivity contribution >= 4 is 18.1 Å². The predicted molar refractivity (Wildman–Crippen MR) is 96.4 cm³/mol.